The van der Waals surface area contributed by atoms with Crippen molar-refractivity contribution in [3.8, 4) is 22.8 Å². The van der Waals surface area contributed by atoms with Crippen molar-refractivity contribution >= 4 is 16.8 Å². The Morgan fingerprint density at radius 3 is 2.60 bits per heavy atom. The van der Waals surface area contributed by atoms with E-state index < -0.39 is 0 Å². The molecule has 1 fully saturated rings. The Labute approximate surface area is 177 Å². The predicted octanol–water partition coefficient (Wildman–Crippen LogP) is 3.70. The summed E-state index contributed by atoms with van der Waals surface area (Å²) < 4.78 is 11.3. The predicted molar refractivity (Wildman–Crippen MR) is 118 cm³/mol. The van der Waals surface area contributed by atoms with Crippen molar-refractivity contribution in [1.82, 2.24) is 14.8 Å². The van der Waals surface area contributed by atoms with Crippen LogP contribution >= 0.6 is 0 Å². The molecule has 1 aliphatic heterocycles. The maximum Gasteiger partial charge on any atom is 0.253 e. The molecule has 30 heavy (non-hydrogen) atoms. The highest BCUT2D eigenvalue weighted by Crippen LogP contribution is 2.32. The second kappa shape index (κ2) is 8.71. The van der Waals surface area contributed by atoms with Gasteiger partial charge in [0.2, 0.25) is 0 Å². The van der Waals surface area contributed by atoms with Crippen LogP contribution in [0.2, 0.25) is 0 Å². The van der Waals surface area contributed by atoms with Gasteiger partial charge in [0, 0.05) is 48.8 Å². The van der Waals surface area contributed by atoms with Crippen molar-refractivity contribution in [3.63, 3.8) is 0 Å². The number of hydrogen-bond acceptors (Lipinski definition) is 5. The van der Waals surface area contributed by atoms with Crippen LogP contribution in [0.1, 0.15) is 17.3 Å². The number of carbonyl (C=O) groups is 1. The summed E-state index contributed by atoms with van der Waals surface area (Å²) in [4.78, 5) is 22.0. The summed E-state index contributed by atoms with van der Waals surface area (Å²) in [5.74, 6) is 1.57. The SMILES string of the molecule is CCOc1cc(-c2cccc(OC)c2)nc2ccc(C(=O)N3CCN(C)CC3)cc12. The largest absolute Gasteiger partial charge is 0.497 e. The molecule has 6 heteroatoms. The van der Waals surface area contributed by atoms with E-state index in [1.165, 1.54) is 0 Å². The standard InChI is InChI=1S/C24H27N3O3/c1-4-30-23-16-22(17-6-5-7-19(14-17)29-3)25-21-9-8-18(15-20(21)23)24(28)27-12-10-26(2)11-13-27/h5-9,14-16H,4,10-13H2,1-3H3. The third kappa shape index (κ3) is 4.09. The first-order chi connectivity index (χ1) is 14.6. The molecule has 2 aromatic carbocycles. The normalized spacial score (nSPS) is 14.7. The molecule has 0 unspecified atom stereocenters. The Hall–Kier alpha value is -3.12. The van der Waals surface area contributed by atoms with Crippen molar-refractivity contribution < 1.29 is 14.3 Å². The maximum absolute atomic E-state index is 13.0. The summed E-state index contributed by atoms with van der Waals surface area (Å²) in [6.45, 7) is 5.78. The summed E-state index contributed by atoms with van der Waals surface area (Å²) in [5, 5.41) is 0.850. The molecule has 0 spiro atoms. The number of ether oxygens (including phenoxy) is 2. The summed E-state index contributed by atoms with van der Waals surface area (Å²) in [6, 6.07) is 15.4. The Kier molecular flexibility index (Phi) is 5.86. The van der Waals surface area contributed by atoms with Gasteiger partial charge in [0.25, 0.3) is 5.91 Å². The summed E-state index contributed by atoms with van der Waals surface area (Å²) in [6.07, 6.45) is 0. The van der Waals surface area contributed by atoms with Crippen LogP contribution in [0.4, 0.5) is 0 Å². The number of likely N-dealkylation sites (N-methyl/N-ethyl adjacent to an activating group) is 1. The zero-order chi connectivity index (χ0) is 21.1. The number of benzene rings is 2. The molecule has 0 N–H and O–H groups in total. The third-order valence-corrected chi connectivity index (χ3v) is 5.47. The van der Waals surface area contributed by atoms with Crippen LogP contribution in [0, 0.1) is 0 Å². The van der Waals surface area contributed by atoms with Crippen LogP contribution in [0.25, 0.3) is 22.2 Å². The molecule has 0 aliphatic carbocycles. The molecular weight excluding hydrogens is 378 g/mol. The minimum absolute atomic E-state index is 0.0596. The van der Waals surface area contributed by atoms with Crippen molar-refractivity contribution in [2.24, 2.45) is 0 Å². The first kappa shape index (κ1) is 20.2. The molecule has 3 aromatic rings. The van der Waals surface area contributed by atoms with Crippen molar-refractivity contribution in [2.45, 2.75) is 6.92 Å². The number of aromatic nitrogens is 1. The van der Waals surface area contributed by atoms with Crippen LogP contribution in [0.15, 0.2) is 48.5 Å². The highest BCUT2D eigenvalue weighted by atomic mass is 16.5. The molecular formula is C24H27N3O3. The molecule has 0 atom stereocenters. The van der Waals surface area contributed by atoms with Gasteiger partial charge in [-0.15, -0.1) is 0 Å². The van der Waals surface area contributed by atoms with Crippen LogP contribution in [0.5, 0.6) is 11.5 Å². The molecule has 156 valence electrons. The molecule has 0 bridgehead atoms. The molecule has 0 saturated carbocycles. The lowest BCUT2D eigenvalue weighted by Crippen LogP contribution is -2.47. The Balaban J connectivity index is 1.72. The number of pyridine rings is 1. The van der Waals surface area contributed by atoms with E-state index in [9.17, 15) is 4.79 Å². The zero-order valence-electron chi connectivity index (χ0n) is 17.7. The van der Waals surface area contributed by atoms with Crippen molar-refractivity contribution in [3.05, 3.63) is 54.1 Å². The average molecular weight is 405 g/mol. The number of carbonyl (C=O) groups excluding carboxylic acids is 1. The topological polar surface area (TPSA) is 54.9 Å². The summed E-state index contributed by atoms with van der Waals surface area (Å²) >= 11 is 0. The molecule has 1 amide bonds. The monoisotopic (exact) mass is 405 g/mol. The minimum atomic E-state index is 0.0596. The van der Waals surface area contributed by atoms with E-state index in [1.54, 1.807) is 7.11 Å². The molecule has 1 aromatic heterocycles. The average Bonchev–Trinajstić information content (AvgIpc) is 2.79. The van der Waals surface area contributed by atoms with E-state index >= 15 is 0 Å². The van der Waals surface area contributed by atoms with Crippen molar-refractivity contribution in [2.75, 3.05) is 46.9 Å². The van der Waals surface area contributed by atoms with Gasteiger partial charge in [0.1, 0.15) is 11.5 Å². The number of rotatable bonds is 5. The van der Waals surface area contributed by atoms with Gasteiger partial charge >= 0.3 is 0 Å². The van der Waals surface area contributed by atoms with E-state index in [0.29, 0.717) is 12.2 Å². The lowest BCUT2D eigenvalue weighted by molar-refractivity contribution is 0.0664. The number of methoxy groups -OCH3 is 1. The number of hydrogen-bond donors (Lipinski definition) is 0. The highest BCUT2D eigenvalue weighted by Gasteiger charge is 2.21. The highest BCUT2D eigenvalue weighted by molar-refractivity contribution is 6.00. The number of fused-ring (bicyclic) bond motifs is 1. The van der Waals surface area contributed by atoms with E-state index in [-0.39, 0.29) is 5.91 Å². The first-order valence-electron chi connectivity index (χ1n) is 10.3. The van der Waals surface area contributed by atoms with Gasteiger partial charge in [0.15, 0.2) is 0 Å². The van der Waals surface area contributed by atoms with Crippen LogP contribution < -0.4 is 9.47 Å². The quantitative estimate of drug-likeness (QED) is 0.648. The second-order valence-electron chi connectivity index (χ2n) is 7.50. The van der Waals surface area contributed by atoms with E-state index in [0.717, 1.165) is 59.8 Å². The Bertz CT molecular complexity index is 1060. The first-order valence-corrected chi connectivity index (χ1v) is 10.3. The molecule has 1 saturated heterocycles. The lowest BCUT2D eigenvalue weighted by atomic mass is 10.1. The van der Waals surface area contributed by atoms with Crippen molar-refractivity contribution in [1.29, 1.82) is 0 Å². The van der Waals surface area contributed by atoms with E-state index in [4.69, 9.17) is 14.5 Å². The number of piperazine rings is 1. The van der Waals surface area contributed by atoms with Crippen LogP contribution in [-0.4, -0.2) is 67.6 Å². The second-order valence-corrected chi connectivity index (χ2v) is 7.50. The van der Waals surface area contributed by atoms with Gasteiger partial charge in [-0.3, -0.25) is 4.79 Å². The molecule has 6 nitrogen and oxygen atoms in total. The van der Waals surface area contributed by atoms with Gasteiger partial charge in [0.05, 0.1) is 24.9 Å². The third-order valence-electron chi connectivity index (χ3n) is 5.47. The smallest absolute Gasteiger partial charge is 0.253 e. The molecule has 4 rings (SSSR count). The van der Waals surface area contributed by atoms with Gasteiger partial charge in [-0.2, -0.15) is 0 Å². The van der Waals surface area contributed by atoms with Crippen LogP contribution in [-0.2, 0) is 0 Å². The Morgan fingerprint density at radius 1 is 1.07 bits per heavy atom. The zero-order valence-corrected chi connectivity index (χ0v) is 17.7. The van der Waals surface area contributed by atoms with E-state index in [1.807, 2.05) is 60.4 Å². The fraction of sp³-hybridized carbons (Fsp3) is 0.333. The number of nitrogens with zero attached hydrogens (tertiary/aromatic N) is 3. The lowest BCUT2D eigenvalue weighted by Gasteiger charge is -2.32. The fourth-order valence-electron chi connectivity index (χ4n) is 3.73. The summed E-state index contributed by atoms with van der Waals surface area (Å²) in [5.41, 5.74) is 3.23. The summed E-state index contributed by atoms with van der Waals surface area (Å²) in [7, 11) is 3.73. The van der Waals surface area contributed by atoms with Gasteiger partial charge in [-0.25, -0.2) is 4.98 Å². The molecule has 0 radical (unpaired) electrons. The minimum Gasteiger partial charge on any atom is -0.497 e. The van der Waals surface area contributed by atoms with E-state index in [2.05, 4.69) is 11.9 Å². The van der Waals surface area contributed by atoms with Crippen LogP contribution in [0.3, 0.4) is 0 Å². The van der Waals surface area contributed by atoms with Gasteiger partial charge < -0.3 is 19.3 Å². The Morgan fingerprint density at radius 2 is 1.87 bits per heavy atom. The fourth-order valence-corrected chi connectivity index (χ4v) is 3.73. The van der Waals surface area contributed by atoms with Gasteiger partial charge in [-0.05, 0) is 44.3 Å². The maximum atomic E-state index is 13.0. The molecule has 2 heterocycles. The number of amides is 1. The molecule has 1 aliphatic rings. The van der Waals surface area contributed by atoms with Gasteiger partial charge in [-0.1, -0.05) is 12.1 Å².